The number of carbonyl (C=O) groups is 3. The first kappa shape index (κ1) is 19.2. The molecule has 0 aliphatic carbocycles. The average Bonchev–Trinajstić information content (AvgIpc) is 2.93. The van der Waals surface area contributed by atoms with Gasteiger partial charge >= 0.3 is 11.9 Å². The second-order valence-corrected chi connectivity index (χ2v) is 5.47. The number of halogens is 1. The lowest BCUT2D eigenvalue weighted by Crippen LogP contribution is -2.15. The predicted molar refractivity (Wildman–Crippen MR) is 89.2 cm³/mol. The van der Waals surface area contributed by atoms with E-state index in [1.165, 1.54) is 26.4 Å². The van der Waals surface area contributed by atoms with E-state index in [1.54, 1.807) is 13.8 Å². The van der Waals surface area contributed by atoms with Crippen molar-refractivity contribution in [3.63, 3.8) is 0 Å². The van der Waals surface area contributed by atoms with E-state index in [0.29, 0.717) is 11.3 Å². The van der Waals surface area contributed by atoms with Crippen LogP contribution in [0.25, 0.3) is 0 Å². The summed E-state index contributed by atoms with van der Waals surface area (Å²) in [5.74, 6) is -2.65. The van der Waals surface area contributed by atoms with E-state index < -0.39 is 30.1 Å². The smallest absolute Gasteiger partial charge is 0.355 e. The van der Waals surface area contributed by atoms with Gasteiger partial charge in [0.25, 0.3) is 0 Å². The fourth-order valence-corrected chi connectivity index (χ4v) is 2.49. The number of nitrogens with one attached hydrogen (secondary N) is 1. The van der Waals surface area contributed by atoms with E-state index in [4.69, 9.17) is 9.47 Å². The van der Waals surface area contributed by atoms with Crippen LogP contribution in [0.5, 0.6) is 5.75 Å². The molecule has 1 N–H and O–H groups in total. The summed E-state index contributed by atoms with van der Waals surface area (Å²) in [6, 6.07) is 3.69. The molecule has 138 valence electrons. The predicted octanol–water partition coefficient (Wildman–Crippen LogP) is 2.61. The molecule has 26 heavy (non-hydrogen) atoms. The van der Waals surface area contributed by atoms with Gasteiger partial charge in [0.2, 0.25) is 0 Å². The standard InChI is InChI=1S/C18H18FNO6/c1-9-15(17(22)25-4)10(2)20-16(9)18(23)26-8-13(21)11-5-6-14(24-3)12(19)7-11/h5-7,20H,8H2,1-4H3. The molecule has 2 rings (SSSR count). The Labute approximate surface area is 149 Å². The molecule has 0 saturated heterocycles. The lowest BCUT2D eigenvalue weighted by molar-refractivity contribution is 0.0468. The van der Waals surface area contributed by atoms with E-state index in [9.17, 15) is 18.8 Å². The molecule has 1 aromatic carbocycles. The van der Waals surface area contributed by atoms with E-state index in [-0.39, 0.29) is 22.6 Å². The lowest BCUT2D eigenvalue weighted by atomic mass is 10.1. The molecule has 0 spiro atoms. The summed E-state index contributed by atoms with van der Waals surface area (Å²) in [6.45, 7) is 2.60. The molecule has 0 saturated carbocycles. The quantitative estimate of drug-likeness (QED) is 0.626. The highest BCUT2D eigenvalue weighted by atomic mass is 19.1. The van der Waals surface area contributed by atoms with Crippen molar-refractivity contribution in [3.8, 4) is 5.75 Å². The third kappa shape index (κ3) is 3.74. The Balaban J connectivity index is 2.10. The highest BCUT2D eigenvalue weighted by Crippen LogP contribution is 2.20. The number of Topliss-reactive ketones (excluding diaryl/α,β-unsaturated/α-hetero) is 1. The summed E-state index contributed by atoms with van der Waals surface area (Å²) >= 11 is 0. The second kappa shape index (κ2) is 7.81. The maximum Gasteiger partial charge on any atom is 0.355 e. The zero-order valence-corrected chi connectivity index (χ0v) is 14.8. The molecule has 0 unspecified atom stereocenters. The van der Waals surface area contributed by atoms with Crippen molar-refractivity contribution < 1.29 is 33.0 Å². The highest BCUT2D eigenvalue weighted by Gasteiger charge is 2.24. The number of ketones is 1. The van der Waals surface area contributed by atoms with E-state index >= 15 is 0 Å². The van der Waals surface area contributed by atoms with Gasteiger partial charge in [0.15, 0.2) is 24.0 Å². The summed E-state index contributed by atoms with van der Waals surface area (Å²) in [5, 5.41) is 0. The number of aromatic amines is 1. The zero-order chi connectivity index (χ0) is 19.4. The number of benzene rings is 1. The first-order valence-electron chi connectivity index (χ1n) is 7.61. The third-order valence-corrected chi connectivity index (χ3v) is 3.84. The van der Waals surface area contributed by atoms with Crippen LogP contribution in [0.15, 0.2) is 18.2 Å². The molecule has 0 radical (unpaired) electrons. The van der Waals surface area contributed by atoms with Crippen LogP contribution >= 0.6 is 0 Å². The monoisotopic (exact) mass is 363 g/mol. The van der Waals surface area contributed by atoms with Gasteiger partial charge in [0.1, 0.15) is 5.69 Å². The summed E-state index contributed by atoms with van der Waals surface area (Å²) < 4.78 is 28.1. The number of ether oxygens (including phenoxy) is 3. The summed E-state index contributed by atoms with van der Waals surface area (Å²) in [4.78, 5) is 38.8. The molecule has 8 heteroatoms. The van der Waals surface area contributed by atoms with E-state index in [0.717, 1.165) is 6.07 Å². The molecule has 0 bridgehead atoms. The van der Waals surface area contributed by atoms with Crippen LogP contribution < -0.4 is 4.74 Å². The van der Waals surface area contributed by atoms with Crippen molar-refractivity contribution >= 4 is 17.7 Å². The van der Waals surface area contributed by atoms with Crippen molar-refractivity contribution in [2.45, 2.75) is 13.8 Å². The van der Waals surface area contributed by atoms with Gasteiger partial charge in [-0.05, 0) is 37.6 Å². The minimum Gasteiger partial charge on any atom is -0.494 e. The molecule has 1 aromatic heterocycles. The second-order valence-electron chi connectivity index (χ2n) is 5.47. The Hall–Kier alpha value is -3.16. The molecule has 2 aromatic rings. The van der Waals surface area contributed by atoms with Crippen LogP contribution in [0, 0.1) is 19.7 Å². The van der Waals surface area contributed by atoms with Crippen molar-refractivity contribution in [2.75, 3.05) is 20.8 Å². The molecule has 0 fully saturated rings. The molecule has 7 nitrogen and oxygen atoms in total. The fraction of sp³-hybridized carbons (Fsp3) is 0.278. The van der Waals surface area contributed by atoms with Crippen molar-refractivity contribution in [1.29, 1.82) is 0 Å². The van der Waals surface area contributed by atoms with Crippen molar-refractivity contribution in [3.05, 3.63) is 52.1 Å². The number of aryl methyl sites for hydroxylation is 1. The Kier molecular flexibility index (Phi) is 5.76. The van der Waals surface area contributed by atoms with Gasteiger partial charge < -0.3 is 19.2 Å². The SMILES string of the molecule is COC(=O)c1c(C)[nH]c(C(=O)OCC(=O)c2ccc(OC)c(F)c2)c1C. The summed E-state index contributed by atoms with van der Waals surface area (Å²) in [6.07, 6.45) is 0. The van der Waals surface area contributed by atoms with Crippen LogP contribution in [0.3, 0.4) is 0 Å². The van der Waals surface area contributed by atoms with E-state index in [2.05, 4.69) is 9.72 Å². The summed E-state index contributed by atoms with van der Waals surface area (Å²) in [7, 11) is 2.55. The van der Waals surface area contributed by atoms with Crippen LogP contribution in [0.4, 0.5) is 4.39 Å². The zero-order valence-electron chi connectivity index (χ0n) is 14.8. The van der Waals surface area contributed by atoms with Gasteiger partial charge in [0.05, 0.1) is 19.8 Å². The minimum atomic E-state index is -0.803. The van der Waals surface area contributed by atoms with Gasteiger partial charge in [-0.1, -0.05) is 0 Å². The molecule has 0 atom stereocenters. The van der Waals surface area contributed by atoms with Gasteiger partial charge in [-0.3, -0.25) is 4.79 Å². The normalized spacial score (nSPS) is 10.3. The van der Waals surface area contributed by atoms with Gasteiger partial charge in [-0.15, -0.1) is 0 Å². The Morgan fingerprint density at radius 1 is 1.12 bits per heavy atom. The average molecular weight is 363 g/mol. The maximum absolute atomic E-state index is 13.7. The van der Waals surface area contributed by atoms with Crippen LogP contribution in [0.2, 0.25) is 0 Å². The fourth-order valence-electron chi connectivity index (χ4n) is 2.49. The summed E-state index contributed by atoms with van der Waals surface area (Å²) in [5.41, 5.74) is 1.15. The number of esters is 2. The molecular formula is C18H18FNO6. The molecule has 0 aliphatic rings. The largest absolute Gasteiger partial charge is 0.494 e. The molecule has 0 aliphatic heterocycles. The Morgan fingerprint density at radius 2 is 1.81 bits per heavy atom. The lowest BCUT2D eigenvalue weighted by Gasteiger charge is -2.06. The number of carbonyl (C=O) groups excluding carboxylic acids is 3. The number of hydrogen-bond acceptors (Lipinski definition) is 6. The number of aromatic nitrogens is 1. The van der Waals surface area contributed by atoms with Gasteiger partial charge in [-0.25, -0.2) is 14.0 Å². The Morgan fingerprint density at radius 3 is 2.38 bits per heavy atom. The number of H-pyrrole nitrogens is 1. The topological polar surface area (TPSA) is 94.7 Å². The maximum atomic E-state index is 13.7. The van der Waals surface area contributed by atoms with Crippen LogP contribution in [-0.2, 0) is 9.47 Å². The Bertz CT molecular complexity index is 871. The first-order chi connectivity index (χ1) is 12.3. The first-order valence-corrected chi connectivity index (χ1v) is 7.61. The molecule has 1 heterocycles. The van der Waals surface area contributed by atoms with E-state index in [1.807, 2.05) is 0 Å². The van der Waals surface area contributed by atoms with Crippen molar-refractivity contribution in [2.24, 2.45) is 0 Å². The number of rotatable bonds is 6. The van der Waals surface area contributed by atoms with Gasteiger partial charge in [-0.2, -0.15) is 0 Å². The third-order valence-electron chi connectivity index (χ3n) is 3.84. The highest BCUT2D eigenvalue weighted by molar-refractivity contribution is 6.01. The molecule has 0 amide bonds. The number of hydrogen-bond donors (Lipinski definition) is 1. The minimum absolute atomic E-state index is 0.00590. The van der Waals surface area contributed by atoms with Crippen LogP contribution in [0.1, 0.15) is 42.5 Å². The van der Waals surface area contributed by atoms with Gasteiger partial charge in [0, 0.05) is 11.3 Å². The van der Waals surface area contributed by atoms with Crippen LogP contribution in [-0.4, -0.2) is 43.5 Å². The molecular weight excluding hydrogens is 345 g/mol. The number of methoxy groups -OCH3 is 2. The van der Waals surface area contributed by atoms with Crippen molar-refractivity contribution in [1.82, 2.24) is 4.98 Å².